The van der Waals surface area contributed by atoms with Crippen LogP contribution in [0.3, 0.4) is 0 Å². The predicted octanol–water partition coefficient (Wildman–Crippen LogP) is 2.46. The molecule has 26 heavy (non-hydrogen) atoms. The first-order chi connectivity index (χ1) is 12.7. The number of hydrogen-bond acceptors (Lipinski definition) is 5. The molecule has 0 saturated carbocycles. The van der Waals surface area contributed by atoms with Gasteiger partial charge in [0.15, 0.2) is 0 Å². The van der Waals surface area contributed by atoms with E-state index in [4.69, 9.17) is 9.47 Å². The van der Waals surface area contributed by atoms with Gasteiger partial charge in [0.1, 0.15) is 11.5 Å². The molecule has 0 radical (unpaired) electrons. The number of ether oxygens (including phenoxy) is 2. The quantitative estimate of drug-likeness (QED) is 0.773. The van der Waals surface area contributed by atoms with E-state index >= 15 is 0 Å². The summed E-state index contributed by atoms with van der Waals surface area (Å²) >= 11 is 0. The summed E-state index contributed by atoms with van der Waals surface area (Å²) in [5.41, 5.74) is 2.01. The highest BCUT2D eigenvalue weighted by Crippen LogP contribution is 2.23. The van der Waals surface area contributed by atoms with Gasteiger partial charge < -0.3 is 19.3 Å². The van der Waals surface area contributed by atoms with Crippen molar-refractivity contribution in [1.82, 2.24) is 9.88 Å². The Morgan fingerprint density at radius 1 is 1.00 bits per heavy atom. The lowest BCUT2D eigenvalue weighted by atomic mass is 10.1. The van der Waals surface area contributed by atoms with Gasteiger partial charge in [-0.2, -0.15) is 0 Å². The number of nitrogens with zero attached hydrogens (tertiary/aromatic N) is 3. The molecule has 1 fully saturated rings. The van der Waals surface area contributed by atoms with Crippen molar-refractivity contribution in [3.05, 3.63) is 54.4 Å². The molecular weight excluding hydrogens is 330 g/mol. The number of anilines is 1. The molecule has 1 aliphatic rings. The maximum absolute atomic E-state index is 12.5. The summed E-state index contributed by atoms with van der Waals surface area (Å²) in [5, 5.41) is 0. The number of rotatable bonds is 5. The van der Waals surface area contributed by atoms with Crippen LogP contribution in [0, 0.1) is 0 Å². The highest BCUT2D eigenvalue weighted by Gasteiger charge is 2.19. The predicted molar refractivity (Wildman–Crippen MR) is 102 cm³/mol. The average Bonchev–Trinajstić information content (AvgIpc) is 2.72. The van der Waals surface area contributed by atoms with Gasteiger partial charge in [0.05, 0.1) is 14.2 Å². The molecule has 136 valence electrons. The second-order valence-corrected chi connectivity index (χ2v) is 6.00. The van der Waals surface area contributed by atoms with Crippen LogP contribution >= 0.6 is 0 Å². The van der Waals surface area contributed by atoms with E-state index < -0.39 is 0 Å². The summed E-state index contributed by atoms with van der Waals surface area (Å²) in [5.74, 6) is 1.41. The first-order valence-corrected chi connectivity index (χ1v) is 8.54. The minimum absolute atomic E-state index is 0.0150. The maximum Gasteiger partial charge on any atom is 0.246 e. The third-order valence-electron chi connectivity index (χ3n) is 4.41. The van der Waals surface area contributed by atoms with Crippen LogP contribution in [0.5, 0.6) is 11.5 Å². The number of pyridine rings is 1. The molecule has 1 aromatic heterocycles. The lowest BCUT2D eigenvalue weighted by Gasteiger charge is -2.35. The van der Waals surface area contributed by atoms with Gasteiger partial charge in [0.2, 0.25) is 5.91 Å². The zero-order valence-corrected chi connectivity index (χ0v) is 15.1. The fraction of sp³-hybridized carbons (Fsp3) is 0.300. The van der Waals surface area contributed by atoms with E-state index in [1.807, 2.05) is 29.2 Å². The van der Waals surface area contributed by atoms with E-state index in [1.165, 1.54) is 0 Å². The Hall–Kier alpha value is -3.02. The fourth-order valence-electron chi connectivity index (χ4n) is 2.94. The third kappa shape index (κ3) is 4.33. The standard InChI is InChI=1S/C20H23N3O3/c1-25-18-13-16(14-19(15-18)26-2)3-4-20(24)23-11-9-22(10-12-23)17-5-7-21-8-6-17/h3-8,13-15H,9-12H2,1-2H3. The molecule has 1 amide bonds. The summed E-state index contributed by atoms with van der Waals surface area (Å²) in [6, 6.07) is 9.53. The Morgan fingerprint density at radius 2 is 1.62 bits per heavy atom. The summed E-state index contributed by atoms with van der Waals surface area (Å²) in [6.07, 6.45) is 6.98. The highest BCUT2D eigenvalue weighted by atomic mass is 16.5. The number of methoxy groups -OCH3 is 2. The van der Waals surface area contributed by atoms with E-state index in [9.17, 15) is 4.79 Å². The molecule has 6 nitrogen and oxygen atoms in total. The molecule has 0 bridgehead atoms. The molecule has 3 rings (SSSR count). The topological polar surface area (TPSA) is 54.9 Å². The molecule has 1 aromatic carbocycles. The van der Waals surface area contributed by atoms with Crippen molar-refractivity contribution in [3.63, 3.8) is 0 Å². The Morgan fingerprint density at radius 3 is 2.19 bits per heavy atom. The Kier molecular flexibility index (Phi) is 5.73. The van der Waals surface area contributed by atoms with Crippen molar-refractivity contribution < 1.29 is 14.3 Å². The van der Waals surface area contributed by atoms with Crippen LogP contribution in [0.1, 0.15) is 5.56 Å². The molecular formula is C20H23N3O3. The summed E-state index contributed by atoms with van der Waals surface area (Å²) in [7, 11) is 3.21. The van der Waals surface area contributed by atoms with Crippen molar-refractivity contribution >= 4 is 17.7 Å². The number of benzene rings is 1. The number of carbonyl (C=O) groups excluding carboxylic acids is 1. The molecule has 0 spiro atoms. The van der Waals surface area contributed by atoms with E-state index in [2.05, 4.69) is 9.88 Å². The van der Waals surface area contributed by atoms with Gasteiger partial charge in [-0.05, 0) is 35.9 Å². The normalized spacial score (nSPS) is 14.5. The first-order valence-electron chi connectivity index (χ1n) is 8.54. The van der Waals surface area contributed by atoms with Crippen molar-refractivity contribution in [3.8, 4) is 11.5 Å². The lowest BCUT2D eigenvalue weighted by Crippen LogP contribution is -2.48. The second-order valence-electron chi connectivity index (χ2n) is 6.00. The van der Waals surface area contributed by atoms with Gasteiger partial charge in [0.25, 0.3) is 0 Å². The minimum atomic E-state index is 0.0150. The van der Waals surface area contributed by atoms with E-state index in [0.29, 0.717) is 24.6 Å². The number of carbonyl (C=O) groups is 1. The van der Waals surface area contributed by atoms with Gasteiger partial charge in [-0.25, -0.2) is 0 Å². The van der Waals surface area contributed by atoms with Crippen LogP contribution in [0.15, 0.2) is 48.8 Å². The van der Waals surface area contributed by atoms with Crippen LogP contribution in [-0.4, -0.2) is 56.2 Å². The Labute approximate surface area is 153 Å². The molecule has 1 aliphatic heterocycles. The Balaban J connectivity index is 1.60. The fourth-order valence-corrected chi connectivity index (χ4v) is 2.94. The minimum Gasteiger partial charge on any atom is -0.497 e. The van der Waals surface area contributed by atoms with Crippen molar-refractivity contribution in [2.45, 2.75) is 0 Å². The Bertz CT molecular complexity index is 747. The largest absolute Gasteiger partial charge is 0.497 e. The highest BCUT2D eigenvalue weighted by molar-refractivity contribution is 5.92. The smallest absolute Gasteiger partial charge is 0.246 e. The first kappa shape index (κ1) is 17.8. The van der Waals surface area contributed by atoms with Crippen molar-refractivity contribution in [2.24, 2.45) is 0 Å². The average molecular weight is 353 g/mol. The van der Waals surface area contributed by atoms with Crippen LogP contribution in [-0.2, 0) is 4.79 Å². The summed E-state index contributed by atoms with van der Waals surface area (Å²) in [6.45, 7) is 3.03. The van der Waals surface area contributed by atoms with Gasteiger partial charge in [-0.1, -0.05) is 0 Å². The van der Waals surface area contributed by atoms with Crippen LogP contribution in [0.25, 0.3) is 6.08 Å². The second kappa shape index (κ2) is 8.38. The lowest BCUT2D eigenvalue weighted by molar-refractivity contribution is -0.126. The van der Waals surface area contributed by atoms with Crippen molar-refractivity contribution in [1.29, 1.82) is 0 Å². The maximum atomic E-state index is 12.5. The van der Waals surface area contributed by atoms with Crippen LogP contribution in [0.4, 0.5) is 5.69 Å². The van der Waals surface area contributed by atoms with Gasteiger partial charge >= 0.3 is 0 Å². The van der Waals surface area contributed by atoms with E-state index in [0.717, 1.165) is 24.3 Å². The molecule has 6 heteroatoms. The molecule has 0 aliphatic carbocycles. The van der Waals surface area contributed by atoms with E-state index in [-0.39, 0.29) is 5.91 Å². The number of piperazine rings is 1. The number of aromatic nitrogens is 1. The molecule has 2 aromatic rings. The molecule has 0 unspecified atom stereocenters. The molecule has 1 saturated heterocycles. The number of amides is 1. The molecule has 0 atom stereocenters. The summed E-state index contributed by atoms with van der Waals surface area (Å²) in [4.78, 5) is 20.6. The molecule has 2 heterocycles. The molecule has 0 N–H and O–H groups in total. The zero-order chi connectivity index (χ0) is 18.4. The van der Waals surface area contributed by atoms with Crippen LogP contribution in [0.2, 0.25) is 0 Å². The SMILES string of the molecule is COc1cc(C=CC(=O)N2CCN(c3ccncc3)CC2)cc(OC)c1. The van der Waals surface area contributed by atoms with Crippen molar-refractivity contribution in [2.75, 3.05) is 45.3 Å². The van der Waals surface area contributed by atoms with E-state index in [1.54, 1.807) is 44.8 Å². The van der Waals surface area contributed by atoms with Gasteiger partial charge in [-0.15, -0.1) is 0 Å². The zero-order valence-electron chi connectivity index (χ0n) is 15.1. The van der Waals surface area contributed by atoms with Crippen LogP contribution < -0.4 is 14.4 Å². The monoisotopic (exact) mass is 353 g/mol. The third-order valence-corrected chi connectivity index (χ3v) is 4.41. The van der Waals surface area contributed by atoms with Gasteiger partial charge in [-0.3, -0.25) is 9.78 Å². The summed E-state index contributed by atoms with van der Waals surface area (Å²) < 4.78 is 10.5. The van der Waals surface area contributed by atoms with Gasteiger partial charge in [0, 0.05) is 56.4 Å². The number of hydrogen-bond donors (Lipinski definition) is 0.